The van der Waals surface area contributed by atoms with Crippen LogP contribution in [0.4, 0.5) is 5.69 Å². The first kappa shape index (κ1) is 21.6. The topological polar surface area (TPSA) is 58.6 Å². The highest BCUT2D eigenvalue weighted by Gasteiger charge is 2.14. The fourth-order valence-corrected chi connectivity index (χ4v) is 3.37. The highest BCUT2D eigenvalue weighted by Crippen LogP contribution is 2.23. The quantitative estimate of drug-likeness (QED) is 0.692. The molecule has 0 saturated carbocycles. The molecule has 28 heavy (non-hydrogen) atoms. The van der Waals surface area contributed by atoms with Gasteiger partial charge in [0.05, 0.1) is 13.2 Å². The van der Waals surface area contributed by atoms with Crippen LogP contribution < -0.4 is 10.1 Å². The first-order valence-electron chi connectivity index (χ1n) is 9.54. The highest BCUT2D eigenvalue weighted by molar-refractivity contribution is 5.94. The van der Waals surface area contributed by atoms with E-state index in [1.54, 1.807) is 13.0 Å². The predicted octanol–water partition coefficient (Wildman–Crippen LogP) is 4.28. The third-order valence-corrected chi connectivity index (χ3v) is 4.56. The Hall–Kier alpha value is -2.66. The van der Waals surface area contributed by atoms with Gasteiger partial charge in [-0.1, -0.05) is 17.7 Å². The lowest BCUT2D eigenvalue weighted by molar-refractivity contribution is -0.117. The number of benzene rings is 2. The number of rotatable bonds is 8. The van der Waals surface area contributed by atoms with Crippen molar-refractivity contribution in [3.8, 4) is 5.75 Å². The second-order valence-corrected chi connectivity index (χ2v) is 7.31. The molecule has 1 amide bonds. The number of nitrogens with zero attached hydrogens (tertiary/aromatic N) is 1. The molecule has 0 bridgehead atoms. The summed E-state index contributed by atoms with van der Waals surface area (Å²) in [6.07, 6.45) is 0. The summed E-state index contributed by atoms with van der Waals surface area (Å²) in [5.74, 6) is 0.679. The fraction of sp³-hybridized carbons (Fsp3) is 0.391. The number of amides is 1. The predicted molar refractivity (Wildman–Crippen MR) is 113 cm³/mol. The van der Waals surface area contributed by atoms with E-state index in [1.165, 1.54) is 5.56 Å². The summed E-state index contributed by atoms with van der Waals surface area (Å²) < 4.78 is 5.68. The third kappa shape index (κ3) is 5.67. The molecule has 0 unspecified atom stereocenters. The number of carbonyl (C=O) groups is 2. The van der Waals surface area contributed by atoms with Crippen molar-refractivity contribution < 1.29 is 14.3 Å². The van der Waals surface area contributed by atoms with Crippen LogP contribution in [-0.4, -0.2) is 36.8 Å². The maximum Gasteiger partial charge on any atom is 0.238 e. The van der Waals surface area contributed by atoms with Crippen LogP contribution in [0, 0.1) is 20.8 Å². The molecule has 0 aliphatic carbocycles. The lowest BCUT2D eigenvalue weighted by Gasteiger charge is -2.20. The number of aryl methyl sites for hydroxylation is 3. The monoisotopic (exact) mass is 382 g/mol. The van der Waals surface area contributed by atoms with Crippen LogP contribution in [0.15, 0.2) is 30.3 Å². The van der Waals surface area contributed by atoms with E-state index in [9.17, 15) is 9.59 Å². The number of hydrogen-bond acceptors (Lipinski definition) is 4. The maximum absolute atomic E-state index is 12.6. The van der Waals surface area contributed by atoms with Gasteiger partial charge in [0.2, 0.25) is 5.91 Å². The van der Waals surface area contributed by atoms with E-state index in [4.69, 9.17) is 4.74 Å². The molecule has 0 fully saturated rings. The van der Waals surface area contributed by atoms with E-state index in [-0.39, 0.29) is 18.2 Å². The van der Waals surface area contributed by atoms with Gasteiger partial charge in [-0.3, -0.25) is 14.5 Å². The molecule has 5 nitrogen and oxygen atoms in total. The zero-order valence-corrected chi connectivity index (χ0v) is 17.7. The fourth-order valence-electron chi connectivity index (χ4n) is 3.37. The van der Waals surface area contributed by atoms with Gasteiger partial charge in [-0.15, -0.1) is 0 Å². The number of ketones is 1. The second kappa shape index (κ2) is 9.51. The minimum Gasteiger partial charge on any atom is -0.494 e. The molecule has 0 spiro atoms. The molecule has 0 aliphatic heterocycles. The molecule has 0 radical (unpaired) electrons. The zero-order chi connectivity index (χ0) is 20.8. The number of ether oxygens (including phenoxy) is 1. The lowest BCUT2D eigenvalue weighted by atomic mass is 10.1. The molecule has 2 aromatic rings. The van der Waals surface area contributed by atoms with E-state index in [0.717, 1.165) is 28.1 Å². The van der Waals surface area contributed by atoms with Crippen molar-refractivity contribution in [3.05, 3.63) is 58.1 Å². The van der Waals surface area contributed by atoms with Gasteiger partial charge in [0.1, 0.15) is 5.75 Å². The van der Waals surface area contributed by atoms with E-state index < -0.39 is 0 Å². The number of nitrogens with one attached hydrogen (secondary N) is 1. The number of hydrogen-bond donors (Lipinski definition) is 1. The molecule has 2 rings (SSSR count). The van der Waals surface area contributed by atoms with Crippen molar-refractivity contribution in [2.24, 2.45) is 0 Å². The Morgan fingerprint density at radius 3 is 2.29 bits per heavy atom. The molecule has 0 saturated heterocycles. The van der Waals surface area contributed by atoms with Crippen molar-refractivity contribution in [2.45, 2.75) is 41.2 Å². The molecule has 5 heteroatoms. The Kier molecular flexibility index (Phi) is 7.35. The summed E-state index contributed by atoms with van der Waals surface area (Å²) in [5, 5.41) is 3.03. The Labute approximate surface area is 167 Å². The smallest absolute Gasteiger partial charge is 0.238 e. The Balaban J connectivity index is 2.09. The standard InChI is InChI=1S/C23H30N2O3/c1-7-28-21-9-8-19(18(5)26)12-20(21)13-25(6)14-22(27)24-23-16(3)10-15(2)11-17(23)4/h8-12H,7,13-14H2,1-6H3,(H,24,27). The van der Waals surface area contributed by atoms with Crippen molar-refractivity contribution in [1.82, 2.24) is 4.90 Å². The van der Waals surface area contributed by atoms with Gasteiger partial charge in [0, 0.05) is 23.4 Å². The summed E-state index contributed by atoms with van der Waals surface area (Å²) in [6.45, 7) is 10.8. The molecule has 0 aliphatic rings. The summed E-state index contributed by atoms with van der Waals surface area (Å²) in [7, 11) is 1.88. The average Bonchev–Trinajstić information content (AvgIpc) is 2.59. The van der Waals surface area contributed by atoms with Gasteiger partial charge in [-0.2, -0.15) is 0 Å². The summed E-state index contributed by atoms with van der Waals surface area (Å²) in [6, 6.07) is 9.56. The van der Waals surface area contributed by atoms with Gasteiger partial charge in [0.15, 0.2) is 5.78 Å². The van der Waals surface area contributed by atoms with E-state index in [2.05, 4.69) is 17.4 Å². The maximum atomic E-state index is 12.6. The minimum atomic E-state index is -0.0711. The minimum absolute atomic E-state index is 0.00927. The Bertz CT molecular complexity index is 851. The Morgan fingerprint density at radius 1 is 1.07 bits per heavy atom. The third-order valence-electron chi connectivity index (χ3n) is 4.56. The number of carbonyl (C=O) groups excluding carboxylic acids is 2. The second-order valence-electron chi connectivity index (χ2n) is 7.31. The van der Waals surface area contributed by atoms with Crippen molar-refractivity contribution in [2.75, 3.05) is 25.5 Å². The molecular formula is C23H30N2O3. The highest BCUT2D eigenvalue weighted by atomic mass is 16.5. The number of anilines is 1. The molecule has 0 aromatic heterocycles. The van der Waals surface area contributed by atoms with Crippen molar-refractivity contribution in [3.63, 3.8) is 0 Å². The molecular weight excluding hydrogens is 352 g/mol. The largest absolute Gasteiger partial charge is 0.494 e. The van der Waals surface area contributed by atoms with Crippen LogP contribution in [-0.2, 0) is 11.3 Å². The molecule has 0 atom stereocenters. The summed E-state index contributed by atoms with van der Waals surface area (Å²) in [4.78, 5) is 26.2. The van der Waals surface area contributed by atoms with Crippen LogP contribution >= 0.6 is 0 Å². The van der Waals surface area contributed by atoms with E-state index >= 15 is 0 Å². The summed E-state index contributed by atoms with van der Waals surface area (Å²) in [5.41, 5.74) is 5.70. The molecule has 150 valence electrons. The summed E-state index contributed by atoms with van der Waals surface area (Å²) >= 11 is 0. The van der Waals surface area contributed by atoms with E-state index in [0.29, 0.717) is 18.7 Å². The first-order valence-corrected chi connectivity index (χ1v) is 9.54. The van der Waals surface area contributed by atoms with Crippen LogP contribution in [0.25, 0.3) is 0 Å². The van der Waals surface area contributed by atoms with Gasteiger partial charge >= 0.3 is 0 Å². The van der Waals surface area contributed by atoms with E-state index in [1.807, 2.05) is 51.8 Å². The first-order chi connectivity index (χ1) is 13.2. The molecule has 0 heterocycles. The van der Waals surface area contributed by atoms with Gasteiger partial charge in [-0.25, -0.2) is 0 Å². The van der Waals surface area contributed by atoms with Crippen LogP contribution in [0.5, 0.6) is 5.75 Å². The van der Waals surface area contributed by atoms with Crippen LogP contribution in [0.3, 0.4) is 0 Å². The molecule has 2 aromatic carbocycles. The SMILES string of the molecule is CCOc1ccc(C(C)=O)cc1CN(C)CC(=O)Nc1c(C)cc(C)cc1C. The van der Waals surface area contributed by atoms with Crippen molar-refractivity contribution >= 4 is 17.4 Å². The number of Topliss-reactive ketones (excluding diaryl/α,β-unsaturated/α-hetero) is 1. The van der Waals surface area contributed by atoms with Crippen molar-refractivity contribution in [1.29, 1.82) is 0 Å². The lowest BCUT2D eigenvalue weighted by Crippen LogP contribution is -2.30. The van der Waals surface area contributed by atoms with Crippen LogP contribution in [0.1, 0.15) is 46.5 Å². The zero-order valence-electron chi connectivity index (χ0n) is 17.7. The van der Waals surface area contributed by atoms with Gasteiger partial charge in [-0.05, 0) is 71.0 Å². The normalized spacial score (nSPS) is 10.8. The average molecular weight is 383 g/mol. The Morgan fingerprint density at radius 2 is 1.71 bits per heavy atom. The van der Waals surface area contributed by atoms with Gasteiger partial charge in [0.25, 0.3) is 0 Å². The van der Waals surface area contributed by atoms with Crippen LogP contribution in [0.2, 0.25) is 0 Å². The number of likely N-dealkylation sites (N-methyl/N-ethyl adjacent to an activating group) is 1. The molecule has 1 N–H and O–H groups in total. The van der Waals surface area contributed by atoms with Gasteiger partial charge < -0.3 is 10.1 Å².